The molecule has 2 atom stereocenters. The smallest absolute Gasteiger partial charge is 0.336 e. The highest BCUT2D eigenvalue weighted by atomic mass is 16.5. The van der Waals surface area contributed by atoms with Crippen LogP contribution in [0.1, 0.15) is 0 Å². The number of aliphatic hydroxyl groups excluding tert-OH is 1. The summed E-state index contributed by atoms with van der Waals surface area (Å²) in [6, 6.07) is 0. The number of rotatable bonds is 4. The van der Waals surface area contributed by atoms with E-state index in [1.807, 2.05) is 0 Å². The van der Waals surface area contributed by atoms with Gasteiger partial charge >= 0.3 is 11.9 Å². The Balaban J connectivity index is 4.25. The second-order valence-corrected chi connectivity index (χ2v) is 1.78. The minimum atomic E-state index is -2.03. The molecule has 11 heavy (non-hydrogen) atoms. The highest BCUT2D eigenvalue weighted by Gasteiger charge is 2.31. The molecular weight excluding hydrogens is 156 g/mol. The van der Waals surface area contributed by atoms with E-state index in [9.17, 15) is 9.59 Å². The molecule has 3 N–H and O–H groups in total. The van der Waals surface area contributed by atoms with Crippen molar-refractivity contribution in [1.29, 1.82) is 0 Å². The largest absolute Gasteiger partial charge is 0.479 e. The van der Waals surface area contributed by atoms with Crippen molar-refractivity contribution in [1.82, 2.24) is 0 Å². The summed E-state index contributed by atoms with van der Waals surface area (Å²) < 4.78 is 4.20. The Morgan fingerprint density at radius 2 is 1.73 bits per heavy atom. The molecule has 0 aliphatic carbocycles. The molecule has 0 rings (SSSR count). The molecule has 0 radical (unpaired) electrons. The molecule has 0 aromatic carbocycles. The predicted octanol–water partition coefficient (Wildman–Crippen LogP) is -1.47. The Bertz CT molecular complexity index is 164. The fraction of sp³-hybridized carbons (Fsp3) is 0.600. The summed E-state index contributed by atoms with van der Waals surface area (Å²) in [7, 11) is 1.00. The molecule has 0 amide bonds. The van der Waals surface area contributed by atoms with Crippen LogP contribution in [0.4, 0.5) is 0 Å². The van der Waals surface area contributed by atoms with Crippen LogP contribution in [-0.4, -0.2) is 46.6 Å². The van der Waals surface area contributed by atoms with Crippen LogP contribution in [0.3, 0.4) is 0 Å². The molecule has 0 bridgehead atoms. The van der Waals surface area contributed by atoms with Crippen molar-refractivity contribution >= 4 is 11.9 Å². The quantitative estimate of drug-likeness (QED) is 0.468. The van der Waals surface area contributed by atoms with Crippen molar-refractivity contribution in [2.45, 2.75) is 12.2 Å². The molecule has 0 aromatic heterocycles. The zero-order valence-electron chi connectivity index (χ0n) is 5.72. The van der Waals surface area contributed by atoms with Gasteiger partial charge in [0.1, 0.15) is 0 Å². The first kappa shape index (κ1) is 9.86. The first-order valence-corrected chi connectivity index (χ1v) is 2.67. The minimum Gasteiger partial charge on any atom is -0.479 e. The van der Waals surface area contributed by atoms with Crippen LogP contribution in [0.2, 0.25) is 0 Å². The molecule has 0 saturated heterocycles. The number of carboxylic acid groups (broad SMARTS) is 2. The van der Waals surface area contributed by atoms with Crippen LogP contribution in [0.25, 0.3) is 0 Å². The SMILES string of the molecule is CO[C@@H](C(=O)O)[C@@H](O)C(=O)O. The van der Waals surface area contributed by atoms with Crippen LogP contribution in [0.15, 0.2) is 0 Å². The normalized spacial score (nSPS) is 15.5. The van der Waals surface area contributed by atoms with E-state index in [4.69, 9.17) is 15.3 Å². The minimum absolute atomic E-state index is 1.00. The van der Waals surface area contributed by atoms with E-state index in [2.05, 4.69) is 4.74 Å². The second-order valence-electron chi connectivity index (χ2n) is 1.78. The number of hydrogen-bond donors (Lipinski definition) is 3. The highest BCUT2D eigenvalue weighted by Crippen LogP contribution is 1.98. The predicted molar refractivity (Wildman–Crippen MR) is 32.1 cm³/mol. The number of methoxy groups -OCH3 is 1. The zero-order chi connectivity index (χ0) is 9.02. The van der Waals surface area contributed by atoms with Crippen LogP contribution >= 0.6 is 0 Å². The van der Waals surface area contributed by atoms with E-state index in [0.717, 1.165) is 7.11 Å². The third-order valence-corrected chi connectivity index (χ3v) is 1.04. The van der Waals surface area contributed by atoms with Gasteiger partial charge in [0.05, 0.1) is 0 Å². The number of ether oxygens (including phenoxy) is 1. The molecule has 0 saturated carbocycles. The van der Waals surface area contributed by atoms with Crippen LogP contribution < -0.4 is 0 Å². The van der Waals surface area contributed by atoms with Gasteiger partial charge in [-0.15, -0.1) is 0 Å². The zero-order valence-corrected chi connectivity index (χ0v) is 5.72. The molecule has 0 unspecified atom stereocenters. The molecule has 0 aromatic rings. The van der Waals surface area contributed by atoms with E-state index < -0.39 is 24.1 Å². The summed E-state index contributed by atoms with van der Waals surface area (Å²) >= 11 is 0. The fourth-order valence-electron chi connectivity index (χ4n) is 0.494. The Labute approximate surface area is 62.0 Å². The average Bonchev–Trinajstić information content (AvgIpc) is 1.88. The van der Waals surface area contributed by atoms with E-state index in [1.165, 1.54) is 0 Å². The van der Waals surface area contributed by atoms with Crippen molar-refractivity contribution < 1.29 is 29.6 Å². The summed E-state index contributed by atoms with van der Waals surface area (Å²) in [5.41, 5.74) is 0. The monoisotopic (exact) mass is 164 g/mol. The number of hydrogen-bond acceptors (Lipinski definition) is 4. The number of carbonyl (C=O) groups is 2. The maximum Gasteiger partial charge on any atom is 0.336 e. The summed E-state index contributed by atoms with van der Waals surface area (Å²) in [5.74, 6) is -3.14. The van der Waals surface area contributed by atoms with Gasteiger partial charge in [0.15, 0.2) is 12.2 Å². The van der Waals surface area contributed by atoms with Gasteiger partial charge < -0.3 is 20.1 Å². The van der Waals surface area contributed by atoms with Crippen LogP contribution in [-0.2, 0) is 14.3 Å². The van der Waals surface area contributed by atoms with Crippen molar-refractivity contribution in [3.63, 3.8) is 0 Å². The molecule has 6 heteroatoms. The average molecular weight is 164 g/mol. The standard InChI is InChI=1S/C5H8O6/c1-11-3(5(9)10)2(6)4(7)8/h2-3,6H,1H3,(H,7,8)(H,9,10)/t2-,3-/m1/s1. The fourth-order valence-corrected chi connectivity index (χ4v) is 0.494. The molecule has 0 spiro atoms. The van der Waals surface area contributed by atoms with Crippen molar-refractivity contribution in [2.75, 3.05) is 7.11 Å². The first-order chi connectivity index (χ1) is 5.00. The van der Waals surface area contributed by atoms with E-state index in [-0.39, 0.29) is 0 Å². The number of aliphatic hydroxyl groups is 1. The number of aliphatic carboxylic acids is 2. The van der Waals surface area contributed by atoms with Gasteiger partial charge in [-0.25, -0.2) is 9.59 Å². The first-order valence-electron chi connectivity index (χ1n) is 2.67. The van der Waals surface area contributed by atoms with Gasteiger partial charge in [0, 0.05) is 7.11 Å². The lowest BCUT2D eigenvalue weighted by Crippen LogP contribution is -2.40. The van der Waals surface area contributed by atoms with Crippen LogP contribution in [0, 0.1) is 0 Å². The summed E-state index contributed by atoms with van der Waals surface area (Å²) in [6.45, 7) is 0. The Hall–Kier alpha value is -1.14. The lowest BCUT2D eigenvalue weighted by Gasteiger charge is -2.12. The summed E-state index contributed by atoms with van der Waals surface area (Å²) in [5, 5.41) is 25.0. The molecule has 0 aliphatic rings. The van der Waals surface area contributed by atoms with Gasteiger partial charge in [-0.1, -0.05) is 0 Å². The maximum atomic E-state index is 10.1. The molecule has 64 valence electrons. The lowest BCUT2D eigenvalue weighted by atomic mass is 10.2. The van der Waals surface area contributed by atoms with Crippen molar-refractivity contribution in [2.24, 2.45) is 0 Å². The van der Waals surface area contributed by atoms with Gasteiger partial charge in [0.2, 0.25) is 0 Å². The Morgan fingerprint density at radius 1 is 1.27 bits per heavy atom. The molecule has 6 nitrogen and oxygen atoms in total. The van der Waals surface area contributed by atoms with Gasteiger partial charge in [-0.2, -0.15) is 0 Å². The maximum absolute atomic E-state index is 10.1. The summed E-state index contributed by atoms with van der Waals surface area (Å²) in [6.07, 6.45) is -3.75. The molecule has 0 heterocycles. The van der Waals surface area contributed by atoms with Gasteiger partial charge in [-0.05, 0) is 0 Å². The number of carboxylic acids is 2. The summed E-state index contributed by atoms with van der Waals surface area (Å²) in [4.78, 5) is 20.1. The van der Waals surface area contributed by atoms with Crippen LogP contribution in [0.5, 0.6) is 0 Å². The molecular formula is C5H8O6. The van der Waals surface area contributed by atoms with Gasteiger partial charge in [-0.3, -0.25) is 0 Å². The molecule has 0 fully saturated rings. The second kappa shape index (κ2) is 3.89. The Morgan fingerprint density at radius 3 is 1.82 bits per heavy atom. The lowest BCUT2D eigenvalue weighted by molar-refractivity contribution is -0.168. The van der Waals surface area contributed by atoms with Crippen molar-refractivity contribution in [3.05, 3.63) is 0 Å². The third-order valence-electron chi connectivity index (χ3n) is 1.04. The molecule has 0 aliphatic heterocycles. The topological polar surface area (TPSA) is 104 Å². The van der Waals surface area contributed by atoms with E-state index in [1.54, 1.807) is 0 Å². The van der Waals surface area contributed by atoms with Gasteiger partial charge in [0.25, 0.3) is 0 Å². The van der Waals surface area contributed by atoms with E-state index in [0.29, 0.717) is 0 Å². The highest BCUT2D eigenvalue weighted by molar-refractivity contribution is 5.83. The Kier molecular flexibility index (Phi) is 3.49. The van der Waals surface area contributed by atoms with E-state index >= 15 is 0 Å². The van der Waals surface area contributed by atoms with Crippen molar-refractivity contribution in [3.8, 4) is 0 Å². The third kappa shape index (κ3) is 2.52.